The zero-order chi connectivity index (χ0) is 13.0. The van der Waals surface area contributed by atoms with Crippen molar-refractivity contribution in [3.8, 4) is 0 Å². The van der Waals surface area contributed by atoms with Gasteiger partial charge in [-0.25, -0.2) is 0 Å². The van der Waals surface area contributed by atoms with Crippen LogP contribution in [-0.2, 0) is 14.3 Å². The number of hydrogen-bond acceptors (Lipinski definition) is 4. The number of fused-ring (bicyclic) bond motifs is 5. The third-order valence-corrected chi connectivity index (χ3v) is 5.01. The minimum atomic E-state index is -0.0662. The van der Waals surface area contributed by atoms with Crippen molar-refractivity contribution in [3.05, 3.63) is 12.2 Å². The summed E-state index contributed by atoms with van der Waals surface area (Å²) in [6, 6.07) is 0. The molecule has 0 aromatic rings. The molecule has 4 aliphatic rings. The van der Waals surface area contributed by atoms with Crippen LogP contribution >= 0.6 is 0 Å². The molecule has 0 radical (unpaired) electrons. The van der Waals surface area contributed by atoms with Crippen molar-refractivity contribution in [1.82, 2.24) is 9.80 Å². The molecule has 0 aromatic heterocycles. The molecule has 2 bridgehead atoms. The van der Waals surface area contributed by atoms with Crippen LogP contribution in [0.5, 0.6) is 0 Å². The Labute approximate surface area is 112 Å². The molecular formula is C14H18N2O3. The van der Waals surface area contributed by atoms with Crippen LogP contribution in [0.4, 0.5) is 0 Å². The van der Waals surface area contributed by atoms with Gasteiger partial charge in [0.1, 0.15) is 0 Å². The Morgan fingerprint density at radius 1 is 1.05 bits per heavy atom. The standard InChI is InChI=1S/C14H18N2O3/c17-13-11-9-1-2-10(7-9)12(11)14(18)16(13)8-15-3-5-19-6-4-15/h1-2,9-12H,3-8H2/t9-,10-,11-,12+/m0/s1. The van der Waals surface area contributed by atoms with Gasteiger partial charge in [-0.15, -0.1) is 0 Å². The Kier molecular flexibility index (Phi) is 2.53. The second-order valence-corrected chi connectivity index (χ2v) is 5.98. The van der Waals surface area contributed by atoms with Crippen LogP contribution in [0.15, 0.2) is 12.2 Å². The smallest absolute Gasteiger partial charge is 0.234 e. The van der Waals surface area contributed by atoms with E-state index in [9.17, 15) is 9.59 Å². The summed E-state index contributed by atoms with van der Waals surface area (Å²) >= 11 is 0. The van der Waals surface area contributed by atoms with Crippen LogP contribution in [0, 0.1) is 23.7 Å². The highest BCUT2D eigenvalue weighted by molar-refractivity contribution is 6.06. The predicted molar refractivity (Wildman–Crippen MR) is 66.8 cm³/mol. The van der Waals surface area contributed by atoms with E-state index in [0.29, 0.717) is 31.7 Å². The fourth-order valence-electron chi connectivity index (χ4n) is 4.05. The predicted octanol–water partition coefficient (Wildman–Crippen LogP) is 0.0832. The summed E-state index contributed by atoms with van der Waals surface area (Å²) in [6.07, 6.45) is 5.27. The number of hydrogen-bond donors (Lipinski definition) is 0. The van der Waals surface area contributed by atoms with E-state index in [4.69, 9.17) is 4.74 Å². The average Bonchev–Trinajstić information content (AvgIpc) is 3.10. The van der Waals surface area contributed by atoms with E-state index in [1.165, 1.54) is 4.90 Å². The van der Waals surface area contributed by atoms with Crippen LogP contribution in [0.2, 0.25) is 0 Å². The molecule has 2 saturated heterocycles. The van der Waals surface area contributed by atoms with Crippen molar-refractivity contribution in [1.29, 1.82) is 0 Å². The number of imide groups is 1. The highest BCUT2D eigenvalue weighted by atomic mass is 16.5. The van der Waals surface area contributed by atoms with Gasteiger partial charge in [0.25, 0.3) is 0 Å². The highest BCUT2D eigenvalue weighted by Crippen LogP contribution is 2.52. The molecule has 0 aromatic carbocycles. The Balaban J connectivity index is 1.52. The first kappa shape index (κ1) is 11.6. The topological polar surface area (TPSA) is 49.9 Å². The first-order valence-electron chi connectivity index (χ1n) is 7.09. The minimum Gasteiger partial charge on any atom is -0.379 e. The third-order valence-electron chi connectivity index (χ3n) is 5.01. The van der Waals surface area contributed by atoms with E-state index in [-0.39, 0.29) is 23.7 Å². The molecule has 19 heavy (non-hydrogen) atoms. The Bertz CT molecular complexity index is 426. The number of ether oxygens (including phenoxy) is 1. The number of carbonyl (C=O) groups excluding carboxylic acids is 2. The van der Waals surface area contributed by atoms with Gasteiger partial charge in [0, 0.05) is 13.1 Å². The summed E-state index contributed by atoms with van der Waals surface area (Å²) in [5.41, 5.74) is 0. The molecule has 0 N–H and O–H groups in total. The summed E-state index contributed by atoms with van der Waals surface area (Å²) in [5.74, 6) is 0.589. The lowest BCUT2D eigenvalue weighted by Crippen LogP contribution is -2.46. The molecule has 5 nitrogen and oxygen atoms in total. The molecule has 5 heteroatoms. The van der Waals surface area contributed by atoms with Crippen molar-refractivity contribution in [3.63, 3.8) is 0 Å². The molecule has 2 aliphatic carbocycles. The first-order valence-corrected chi connectivity index (χ1v) is 7.09. The lowest BCUT2D eigenvalue weighted by molar-refractivity contribution is -0.144. The number of rotatable bonds is 2. The summed E-state index contributed by atoms with van der Waals surface area (Å²) in [5, 5.41) is 0. The van der Waals surface area contributed by atoms with Crippen molar-refractivity contribution in [2.45, 2.75) is 6.42 Å². The van der Waals surface area contributed by atoms with Crippen molar-refractivity contribution < 1.29 is 14.3 Å². The van der Waals surface area contributed by atoms with E-state index in [1.807, 2.05) is 0 Å². The van der Waals surface area contributed by atoms with Gasteiger partial charge < -0.3 is 4.74 Å². The molecular weight excluding hydrogens is 244 g/mol. The number of nitrogens with zero attached hydrogens (tertiary/aromatic N) is 2. The molecule has 4 atom stereocenters. The number of amides is 2. The molecule has 0 spiro atoms. The maximum absolute atomic E-state index is 12.5. The molecule has 4 rings (SSSR count). The largest absolute Gasteiger partial charge is 0.379 e. The molecule has 2 aliphatic heterocycles. The van der Waals surface area contributed by atoms with Crippen molar-refractivity contribution in [2.24, 2.45) is 23.7 Å². The number of allylic oxidation sites excluding steroid dienone is 2. The molecule has 1 saturated carbocycles. The summed E-state index contributed by atoms with van der Waals surface area (Å²) in [4.78, 5) is 28.6. The van der Waals surface area contributed by atoms with E-state index in [2.05, 4.69) is 17.1 Å². The second-order valence-electron chi connectivity index (χ2n) is 5.98. The fraction of sp³-hybridized carbons (Fsp3) is 0.714. The van der Waals surface area contributed by atoms with E-state index in [1.54, 1.807) is 0 Å². The highest BCUT2D eigenvalue weighted by Gasteiger charge is 2.59. The lowest BCUT2D eigenvalue weighted by Gasteiger charge is -2.30. The number of morpholine rings is 1. The summed E-state index contributed by atoms with van der Waals surface area (Å²) in [7, 11) is 0. The molecule has 2 heterocycles. The normalized spacial score (nSPS) is 41.4. The lowest BCUT2D eigenvalue weighted by atomic mass is 9.85. The van der Waals surface area contributed by atoms with E-state index >= 15 is 0 Å². The number of carbonyl (C=O) groups is 2. The van der Waals surface area contributed by atoms with Crippen LogP contribution in [0.3, 0.4) is 0 Å². The van der Waals surface area contributed by atoms with Gasteiger partial charge in [-0.3, -0.25) is 19.4 Å². The van der Waals surface area contributed by atoms with E-state index in [0.717, 1.165) is 19.5 Å². The summed E-state index contributed by atoms with van der Waals surface area (Å²) < 4.78 is 5.30. The zero-order valence-corrected chi connectivity index (χ0v) is 10.8. The summed E-state index contributed by atoms with van der Waals surface area (Å²) in [6.45, 7) is 3.44. The van der Waals surface area contributed by atoms with Crippen molar-refractivity contribution in [2.75, 3.05) is 33.0 Å². The molecule has 0 unspecified atom stereocenters. The van der Waals surface area contributed by atoms with Crippen LogP contribution < -0.4 is 0 Å². The van der Waals surface area contributed by atoms with Gasteiger partial charge in [0.15, 0.2) is 0 Å². The van der Waals surface area contributed by atoms with Gasteiger partial charge in [-0.05, 0) is 18.3 Å². The van der Waals surface area contributed by atoms with Crippen LogP contribution in [-0.4, -0.2) is 54.6 Å². The monoisotopic (exact) mass is 262 g/mol. The molecule has 3 fully saturated rings. The first-order chi connectivity index (χ1) is 9.25. The Morgan fingerprint density at radius 2 is 1.63 bits per heavy atom. The Morgan fingerprint density at radius 3 is 2.21 bits per heavy atom. The minimum absolute atomic E-state index is 0.0540. The van der Waals surface area contributed by atoms with Crippen molar-refractivity contribution >= 4 is 11.8 Å². The fourth-order valence-corrected chi connectivity index (χ4v) is 4.05. The van der Waals surface area contributed by atoms with Gasteiger partial charge in [-0.2, -0.15) is 0 Å². The maximum Gasteiger partial charge on any atom is 0.234 e. The maximum atomic E-state index is 12.5. The zero-order valence-electron chi connectivity index (χ0n) is 10.8. The SMILES string of the molecule is O=C1[C@@H]2[C@H](C(=O)N1CN1CCOCC1)[C@H]1C=C[C@H]2C1. The van der Waals surface area contributed by atoms with Crippen LogP contribution in [0.25, 0.3) is 0 Å². The number of likely N-dealkylation sites (tertiary alicyclic amines) is 1. The van der Waals surface area contributed by atoms with Gasteiger partial charge >= 0.3 is 0 Å². The van der Waals surface area contributed by atoms with Gasteiger partial charge in [0.05, 0.1) is 31.7 Å². The van der Waals surface area contributed by atoms with Gasteiger partial charge in [0.2, 0.25) is 11.8 Å². The average molecular weight is 262 g/mol. The quantitative estimate of drug-likeness (QED) is 0.522. The van der Waals surface area contributed by atoms with Gasteiger partial charge in [-0.1, -0.05) is 12.2 Å². The Hall–Kier alpha value is -1.20. The third kappa shape index (κ3) is 1.61. The molecule has 2 amide bonds. The van der Waals surface area contributed by atoms with Crippen LogP contribution in [0.1, 0.15) is 6.42 Å². The second kappa shape index (κ2) is 4.15. The molecule has 102 valence electrons. The van der Waals surface area contributed by atoms with E-state index < -0.39 is 0 Å².